The van der Waals surface area contributed by atoms with E-state index in [0.717, 1.165) is 62.4 Å². The molecule has 0 bridgehead atoms. The van der Waals surface area contributed by atoms with Gasteiger partial charge in [0.2, 0.25) is 11.8 Å². The van der Waals surface area contributed by atoms with Crippen LogP contribution < -0.4 is 5.32 Å². The number of sulfone groups is 1. The fourth-order valence-corrected chi connectivity index (χ4v) is 9.75. The normalized spacial score (nSPS) is 20.6. The number of nitrogens with one attached hydrogen (secondary N) is 1. The lowest BCUT2D eigenvalue weighted by Gasteiger charge is -2.23. The highest BCUT2D eigenvalue weighted by atomic mass is 32.2. The van der Waals surface area contributed by atoms with Gasteiger partial charge in [0.15, 0.2) is 15.5 Å². The van der Waals surface area contributed by atoms with E-state index in [2.05, 4.69) is 40.4 Å². The number of rotatable bonds is 8. The monoisotopic (exact) mass is 653 g/mol. The van der Waals surface area contributed by atoms with Crippen LogP contribution in [0, 0.1) is 18.8 Å². The number of fused-ring (bicyclic) bond motifs is 3. The lowest BCUT2D eigenvalue weighted by atomic mass is 9.89. The molecule has 1 N–H and O–H groups in total. The predicted octanol–water partition coefficient (Wildman–Crippen LogP) is 6.14. The summed E-state index contributed by atoms with van der Waals surface area (Å²) in [7, 11) is -3.69. The molecule has 0 saturated carbocycles. The second-order valence-corrected chi connectivity index (χ2v) is 15.4. The summed E-state index contributed by atoms with van der Waals surface area (Å²) in [5.41, 5.74) is 6.91. The molecule has 0 radical (unpaired) electrons. The molecule has 5 aromatic heterocycles. The molecule has 12 heteroatoms. The first-order chi connectivity index (χ1) is 22.8. The zero-order valence-electron chi connectivity index (χ0n) is 26.9. The number of aryl methyl sites for hydroxylation is 3. The summed E-state index contributed by atoms with van der Waals surface area (Å²) in [4.78, 5) is 15.1. The molecule has 3 aliphatic rings. The van der Waals surface area contributed by atoms with E-state index in [0.29, 0.717) is 46.4 Å². The SMILES string of the molecule is Cc1nnc(-c2c(CCC3CCOCC3)nc3c(c2-c2cn4cccc(N[C@@H]5CCc6ncccc65)c4n2)S(=O)(=O)CC3C(C)C)o1. The molecule has 0 amide bonds. The molecule has 47 heavy (non-hydrogen) atoms. The average Bonchev–Trinajstić information content (AvgIpc) is 3.85. The lowest BCUT2D eigenvalue weighted by Crippen LogP contribution is -2.17. The zero-order chi connectivity index (χ0) is 32.3. The van der Waals surface area contributed by atoms with E-state index in [1.807, 2.05) is 41.2 Å². The van der Waals surface area contributed by atoms with Gasteiger partial charge < -0.3 is 18.9 Å². The van der Waals surface area contributed by atoms with E-state index in [-0.39, 0.29) is 34.4 Å². The Morgan fingerprint density at radius 3 is 2.70 bits per heavy atom. The largest absolute Gasteiger partial charge is 0.421 e. The van der Waals surface area contributed by atoms with Crippen LogP contribution in [0.15, 0.2) is 52.2 Å². The summed E-state index contributed by atoms with van der Waals surface area (Å²) in [6, 6.07) is 8.20. The van der Waals surface area contributed by atoms with Gasteiger partial charge in [-0.1, -0.05) is 19.9 Å². The van der Waals surface area contributed by atoms with Crippen LogP contribution in [-0.4, -0.2) is 56.9 Å². The van der Waals surface area contributed by atoms with Crippen molar-refractivity contribution in [1.82, 2.24) is 29.5 Å². The highest BCUT2D eigenvalue weighted by Gasteiger charge is 2.43. The van der Waals surface area contributed by atoms with Crippen LogP contribution in [-0.2, 0) is 27.4 Å². The summed E-state index contributed by atoms with van der Waals surface area (Å²) in [6.07, 6.45) is 11.1. The van der Waals surface area contributed by atoms with Crippen LogP contribution in [0.25, 0.3) is 28.4 Å². The first-order valence-electron chi connectivity index (χ1n) is 16.6. The van der Waals surface area contributed by atoms with Crippen LogP contribution in [0.3, 0.4) is 0 Å². The molecule has 2 aliphatic heterocycles. The number of nitrogens with zero attached hydrogens (tertiary/aromatic N) is 6. The van der Waals surface area contributed by atoms with E-state index in [1.165, 1.54) is 5.56 Å². The molecule has 1 saturated heterocycles. The zero-order valence-corrected chi connectivity index (χ0v) is 27.8. The first kappa shape index (κ1) is 30.2. The minimum absolute atomic E-state index is 0.0149. The van der Waals surface area contributed by atoms with Crippen molar-refractivity contribution in [3.05, 3.63) is 71.4 Å². The molecule has 5 aromatic rings. The van der Waals surface area contributed by atoms with Gasteiger partial charge in [0.1, 0.15) is 0 Å². The minimum atomic E-state index is -3.69. The highest BCUT2D eigenvalue weighted by molar-refractivity contribution is 7.92. The van der Waals surface area contributed by atoms with Crippen molar-refractivity contribution in [3.63, 3.8) is 0 Å². The molecule has 7 heterocycles. The molecule has 2 atom stereocenters. The molecular formula is C35H39N7O4S. The van der Waals surface area contributed by atoms with Crippen molar-refractivity contribution in [2.45, 2.75) is 76.2 Å². The number of imidazole rings is 1. The Morgan fingerprint density at radius 1 is 1.06 bits per heavy atom. The second kappa shape index (κ2) is 11.8. The molecule has 8 rings (SSSR count). The fourth-order valence-electron chi connectivity index (χ4n) is 7.54. The molecule has 1 unspecified atom stereocenters. The molecular weight excluding hydrogens is 614 g/mol. The van der Waals surface area contributed by atoms with Crippen molar-refractivity contribution >= 4 is 21.2 Å². The molecule has 1 aliphatic carbocycles. The van der Waals surface area contributed by atoms with Crippen molar-refractivity contribution in [1.29, 1.82) is 0 Å². The van der Waals surface area contributed by atoms with Gasteiger partial charge in [-0.2, -0.15) is 0 Å². The van der Waals surface area contributed by atoms with Gasteiger partial charge in [0.25, 0.3) is 0 Å². The Bertz CT molecular complexity index is 2080. The van der Waals surface area contributed by atoms with E-state index in [4.69, 9.17) is 19.1 Å². The molecule has 244 valence electrons. The Labute approximate surface area is 274 Å². The minimum Gasteiger partial charge on any atom is -0.421 e. The third-order valence-corrected chi connectivity index (χ3v) is 11.9. The topological polar surface area (TPSA) is 137 Å². The maximum absolute atomic E-state index is 14.1. The summed E-state index contributed by atoms with van der Waals surface area (Å²) in [5, 5.41) is 12.3. The fraction of sp³-hybridized carbons (Fsp3) is 0.457. The van der Waals surface area contributed by atoms with Crippen molar-refractivity contribution in [2.75, 3.05) is 24.3 Å². The van der Waals surface area contributed by atoms with Crippen molar-refractivity contribution in [3.8, 4) is 22.7 Å². The van der Waals surface area contributed by atoms with Gasteiger partial charge in [0, 0.05) is 55.9 Å². The van der Waals surface area contributed by atoms with E-state index >= 15 is 0 Å². The number of ether oxygens (including phenoxy) is 1. The number of hydrogen-bond donors (Lipinski definition) is 1. The second-order valence-electron chi connectivity index (χ2n) is 13.4. The third-order valence-electron chi connectivity index (χ3n) is 10.0. The van der Waals surface area contributed by atoms with Crippen LogP contribution in [0.5, 0.6) is 0 Å². The quantitative estimate of drug-likeness (QED) is 0.208. The standard InChI is InChI=1S/C35H39N7O4S/c1-20(2)24-19-47(43,44)33-30(31(35-41-40-21(3)46-35)27(38-32(24)33)9-8-22-12-16-45-17-13-22)29-18-42-15-5-7-28(34(42)39-29)37-26-11-10-25-23(26)6-4-14-36-25/h4-7,14-15,18,20,22,24,26,37H,8-13,16-17,19H2,1-3H3/t24?,26-/m1/s1. The summed E-state index contributed by atoms with van der Waals surface area (Å²) in [5.74, 6) is 1.05. The molecule has 0 aromatic carbocycles. The number of pyridine rings is 3. The van der Waals surface area contributed by atoms with Crippen molar-refractivity contribution < 1.29 is 17.6 Å². The Balaban J connectivity index is 1.31. The van der Waals surface area contributed by atoms with Gasteiger partial charge in [-0.3, -0.25) is 9.97 Å². The Morgan fingerprint density at radius 2 is 1.91 bits per heavy atom. The average molecular weight is 654 g/mol. The first-order valence-corrected chi connectivity index (χ1v) is 18.3. The smallest absolute Gasteiger partial charge is 0.250 e. The van der Waals surface area contributed by atoms with Crippen molar-refractivity contribution in [2.24, 2.45) is 11.8 Å². The third kappa shape index (κ3) is 5.41. The maximum atomic E-state index is 14.1. The van der Waals surface area contributed by atoms with Crippen LogP contribution in [0.4, 0.5) is 5.69 Å². The molecule has 11 nitrogen and oxygen atoms in total. The van der Waals surface area contributed by atoms with Gasteiger partial charge >= 0.3 is 0 Å². The molecule has 0 spiro atoms. The predicted molar refractivity (Wildman–Crippen MR) is 177 cm³/mol. The highest BCUT2D eigenvalue weighted by Crippen LogP contribution is 2.48. The number of hydrogen-bond acceptors (Lipinski definition) is 10. The van der Waals surface area contributed by atoms with Crippen LogP contribution in [0.2, 0.25) is 0 Å². The van der Waals surface area contributed by atoms with Gasteiger partial charge in [-0.15, -0.1) is 10.2 Å². The van der Waals surface area contributed by atoms with Crippen LogP contribution >= 0.6 is 0 Å². The summed E-state index contributed by atoms with van der Waals surface area (Å²) in [6.45, 7) is 7.39. The Kier molecular flexibility index (Phi) is 7.59. The molecule has 1 fully saturated rings. The van der Waals surface area contributed by atoms with Gasteiger partial charge in [-0.05, 0) is 74.1 Å². The van der Waals surface area contributed by atoms with Gasteiger partial charge in [0.05, 0.1) is 45.0 Å². The Hall–Kier alpha value is -4.16. The lowest BCUT2D eigenvalue weighted by molar-refractivity contribution is 0.0639. The number of aromatic nitrogens is 6. The summed E-state index contributed by atoms with van der Waals surface area (Å²) < 4.78 is 41.9. The summed E-state index contributed by atoms with van der Waals surface area (Å²) >= 11 is 0. The van der Waals surface area contributed by atoms with Gasteiger partial charge in [-0.25, -0.2) is 13.4 Å². The van der Waals surface area contributed by atoms with Crippen LogP contribution in [0.1, 0.15) is 80.0 Å². The number of anilines is 1. The van der Waals surface area contributed by atoms with E-state index < -0.39 is 9.84 Å². The van der Waals surface area contributed by atoms with E-state index in [9.17, 15) is 8.42 Å². The van der Waals surface area contributed by atoms with E-state index in [1.54, 1.807) is 6.92 Å². The maximum Gasteiger partial charge on any atom is 0.250 e.